The molecule has 7 nitrogen and oxygen atoms in total. The number of nitrogens with zero attached hydrogens (tertiary/aromatic N) is 4. The van der Waals surface area contributed by atoms with Gasteiger partial charge in [-0.25, -0.2) is 4.68 Å². The Bertz CT molecular complexity index is 641. The first-order valence-corrected chi connectivity index (χ1v) is 6.26. The number of benzene rings is 1. The first-order valence-electron chi connectivity index (χ1n) is 6.26. The highest BCUT2D eigenvalue weighted by molar-refractivity contribution is 5.80. The number of carbonyl (C=O) groups excluding carboxylic acids is 1. The van der Waals surface area contributed by atoms with E-state index in [1.54, 1.807) is 23.5 Å². The number of hydrogen-bond donors (Lipinski definition) is 2. The Morgan fingerprint density at radius 1 is 1.36 bits per heavy atom. The minimum atomic E-state index is -4.42. The van der Waals surface area contributed by atoms with Gasteiger partial charge in [-0.05, 0) is 35.0 Å². The molecule has 0 aliphatic rings. The molecular formula is C12H13F3N6O. The lowest BCUT2D eigenvalue weighted by atomic mass is 10.2. The maximum absolute atomic E-state index is 12.0. The van der Waals surface area contributed by atoms with Gasteiger partial charge in [-0.1, -0.05) is 6.07 Å². The monoisotopic (exact) mass is 314 g/mol. The average Bonchev–Trinajstić information content (AvgIpc) is 2.97. The number of hydrogen-bond acceptors (Lipinski definition) is 5. The molecule has 0 fully saturated rings. The average molecular weight is 314 g/mol. The van der Waals surface area contributed by atoms with Crippen LogP contribution in [0, 0.1) is 6.92 Å². The first-order chi connectivity index (χ1) is 10.3. The van der Waals surface area contributed by atoms with Crippen LogP contribution in [0.4, 0.5) is 18.9 Å². The quantitative estimate of drug-likeness (QED) is 0.862. The van der Waals surface area contributed by atoms with Gasteiger partial charge in [0.05, 0.1) is 12.2 Å². The summed E-state index contributed by atoms with van der Waals surface area (Å²) in [6.45, 7) is 0.238. The molecule has 1 aromatic heterocycles. The van der Waals surface area contributed by atoms with E-state index in [0.29, 0.717) is 11.4 Å². The van der Waals surface area contributed by atoms with E-state index in [1.165, 1.54) is 11.0 Å². The standard InChI is InChI=1S/C12H13F3N6O/c1-8-2-3-9(4-10(8)21-7-18-19-20-21)16-5-11(22)17-6-12(13,14)15/h2-4,7,16H,5-6H2,1H3,(H,17,22). The number of rotatable bonds is 5. The highest BCUT2D eigenvalue weighted by Gasteiger charge is 2.27. The van der Waals surface area contributed by atoms with Gasteiger partial charge in [0.15, 0.2) is 0 Å². The van der Waals surface area contributed by atoms with E-state index in [0.717, 1.165) is 5.56 Å². The molecule has 2 rings (SSSR count). The van der Waals surface area contributed by atoms with Crippen molar-refractivity contribution in [1.82, 2.24) is 25.5 Å². The zero-order chi connectivity index (χ0) is 16.2. The summed E-state index contributed by atoms with van der Waals surface area (Å²) in [7, 11) is 0. The van der Waals surface area contributed by atoms with Gasteiger partial charge < -0.3 is 10.6 Å². The molecule has 0 spiro atoms. The van der Waals surface area contributed by atoms with Crippen LogP contribution in [-0.4, -0.2) is 45.4 Å². The smallest absolute Gasteiger partial charge is 0.376 e. The number of halogens is 3. The Kier molecular flexibility index (Phi) is 4.59. The lowest BCUT2D eigenvalue weighted by molar-refractivity contribution is -0.137. The second kappa shape index (κ2) is 6.41. The van der Waals surface area contributed by atoms with Crippen molar-refractivity contribution in [2.45, 2.75) is 13.1 Å². The van der Waals surface area contributed by atoms with E-state index in [2.05, 4.69) is 20.8 Å². The summed E-state index contributed by atoms with van der Waals surface area (Å²) in [5.41, 5.74) is 2.17. The summed E-state index contributed by atoms with van der Waals surface area (Å²) in [5, 5.41) is 15.4. The summed E-state index contributed by atoms with van der Waals surface area (Å²) in [6, 6.07) is 5.19. The summed E-state index contributed by atoms with van der Waals surface area (Å²) >= 11 is 0. The highest BCUT2D eigenvalue weighted by atomic mass is 19.4. The maximum atomic E-state index is 12.0. The topological polar surface area (TPSA) is 84.7 Å². The number of anilines is 1. The van der Waals surface area contributed by atoms with Crippen LogP contribution in [0.15, 0.2) is 24.5 Å². The van der Waals surface area contributed by atoms with E-state index in [-0.39, 0.29) is 6.54 Å². The van der Waals surface area contributed by atoms with Crippen molar-refractivity contribution in [2.24, 2.45) is 0 Å². The molecule has 1 heterocycles. The highest BCUT2D eigenvalue weighted by Crippen LogP contribution is 2.18. The minimum Gasteiger partial charge on any atom is -0.376 e. The molecule has 1 amide bonds. The van der Waals surface area contributed by atoms with E-state index < -0.39 is 18.6 Å². The molecule has 0 saturated carbocycles. The first kappa shape index (κ1) is 15.7. The molecule has 118 valence electrons. The predicted molar refractivity (Wildman–Crippen MR) is 71.4 cm³/mol. The SMILES string of the molecule is Cc1ccc(NCC(=O)NCC(F)(F)F)cc1-n1cnnn1. The van der Waals surface area contributed by atoms with Crippen molar-refractivity contribution in [3.63, 3.8) is 0 Å². The van der Waals surface area contributed by atoms with Gasteiger partial charge in [-0.3, -0.25) is 4.79 Å². The number of aryl methyl sites for hydroxylation is 1. The molecule has 0 unspecified atom stereocenters. The third kappa shape index (κ3) is 4.43. The molecule has 2 aromatic rings. The van der Waals surface area contributed by atoms with Crippen molar-refractivity contribution in [2.75, 3.05) is 18.4 Å². The zero-order valence-electron chi connectivity index (χ0n) is 11.6. The molecule has 2 N–H and O–H groups in total. The van der Waals surface area contributed by atoms with Gasteiger partial charge in [0.25, 0.3) is 0 Å². The van der Waals surface area contributed by atoms with Crippen molar-refractivity contribution in [1.29, 1.82) is 0 Å². The number of carbonyl (C=O) groups is 1. The van der Waals surface area contributed by atoms with Crippen LogP contribution in [0.25, 0.3) is 5.69 Å². The Morgan fingerprint density at radius 2 is 2.14 bits per heavy atom. The predicted octanol–water partition coefficient (Wildman–Crippen LogP) is 1.06. The van der Waals surface area contributed by atoms with Crippen LogP contribution >= 0.6 is 0 Å². The Balaban J connectivity index is 1.96. The molecule has 0 aliphatic carbocycles. The summed E-state index contributed by atoms with van der Waals surface area (Å²) in [6.07, 6.45) is -3.01. The number of alkyl halides is 3. The molecule has 0 saturated heterocycles. The van der Waals surface area contributed by atoms with Crippen molar-refractivity contribution < 1.29 is 18.0 Å². The van der Waals surface area contributed by atoms with Crippen LogP contribution in [0.2, 0.25) is 0 Å². The second-order valence-corrected chi connectivity index (χ2v) is 4.50. The van der Waals surface area contributed by atoms with E-state index >= 15 is 0 Å². The van der Waals surface area contributed by atoms with E-state index in [4.69, 9.17) is 0 Å². The van der Waals surface area contributed by atoms with Gasteiger partial charge in [0.1, 0.15) is 12.9 Å². The molecular weight excluding hydrogens is 301 g/mol. The van der Waals surface area contributed by atoms with Gasteiger partial charge in [-0.2, -0.15) is 13.2 Å². The molecule has 0 aliphatic heterocycles. The van der Waals surface area contributed by atoms with Gasteiger partial charge in [-0.15, -0.1) is 5.10 Å². The summed E-state index contributed by atoms with van der Waals surface area (Å²) < 4.78 is 37.4. The van der Waals surface area contributed by atoms with Crippen molar-refractivity contribution >= 4 is 11.6 Å². The molecule has 0 atom stereocenters. The van der Waals surface area contributed by atoms with Crippen LogP contribution in [0.1, 0.15) is 5.56 Å². The van der Waals surface area contributed by atoms with Gasteiger partial charge >= 0.3 is 6.18 Å². The Hall–Kier alpha value is -2.65. The fourth-order valence-corrected chi connectivity index (χ4v) is 1.68. The Morgan fingerprint density at radius 3 is 2.77 bits per heavy atom. The van der Waals surface area contributed by atoms with Crippen molar-refractivity contribution in [3.05, 3.63) is 30.1 Å². The second-order valence-electron chi connectivity index (χ2n) is 4.50. The zero-order valence-corrected chi connectivity index (χ0v) is 11.6. The largest absolute Gasteiger partial charge is 0.405 e. The number of amides is 1. The van der Waals surface area contributed by atoms with Crippen LogP contribution in [0.5, 0.6) is 0 Å². The molecule has 10 heteroatoms. The number of aromatic nitrogens is 4. The lowest BCUT2D eigenvalue weighted by Gasteiger charge is -2.11. The summed E-state index contributed by atoms with van der Waals surface area (Å²) in [4.78, 5) is 11.3. The molecule has 1 aromatic carbocycles. The number of tetrazole rings is 1. The maximum Gasteiger partial charge on any atom is 0.405 e. The van der Waals surface area contributed by atoms with Gasteiger partial charge in [0, 0.05) is 5.69 Å². The fraction of sp³-hybridized carbons (Fsp3) is 0.333. The van der Waals surface area contributed by atoms with Crippen LogP contribution in [-0.2, 0) is 4.79 Å². The summed E-state index contributed by atoms with van der Waals surface area (Å²) in [5.74, 6) is -0.748. The normalized spacial score (nSPS) is 11.3. The van der Waals surface area contributed by atoms with Crippen molar-refractivity contribution in [3.8, 4) is 5.69 Å². The lowest BCUT2D eigenvalue weighted by Crippen LogP contribution is -2.37. The molecule has 0 bridgehead atoms. The van der Waals surface area contributed by atoms with Crippen LogP contribution in [0.3, 0.4) is 0 Å². The molecule has 22 heavy (non-hydrogen) atoms. The van der Waals surface area contributed by atoms with Gasteiger partial charge in [0.2, 0.25) is 5.91 Å². The third-order valence-corrected chi connectivity index (χ3v) is 2.74. The van der Waals surface area contributed by atoms with E-state index in [1.807, 2.05) is 6.92 Å². The van der Waals surface area contributed by atoms with E-state index in [9.17, 15) is 18.0 Å². The third-order valence-electron chi connectivity index (χ3n) is 2.74. The fourth-order valence-electron chi connectivity index (χ4n) is 1.68. The number of nitrogens with one attached hydrogen (secondary N) is 2. The molecule has 0 radical (unpaired) electrons. The minimum absolute atomic E-state index is 0.270. The Labute approximate surface area is 123 Å². The van der Waals surface area contributed by atoms with Crippen LogP contribution < -0.4 is 10.6 Å².